The Balaban J connectivity index is 0.887. The zero-order chi connectivity index (χ0) is 43.7. The van der Waals surface area contributed by atoms with E-state index >= 15 is 0 Å². The number of phenols is 1. The van der Waals surface area contributed by atoms with Gasteiger partial charge < -0.3 is 36.4 Å². The van der Waals surface area contributed by atoms with Crippen molar-refractivity contribution in [3.8, 4) is 27.4 Å². The minimum absolute atomic E-state index is 0.0357. The third kappa shape index (κ3) is 11.8. The van der Waals surface area contributed by atoms with Crippen LogP contribution in [0.15, 0.2) is 60.1 Å². The Morgan fingerprint density at radius 2 is 1.62 bits per heavy atom. The number of hydrogen-bond donors (Lipinski definition) is 5. The molecule has 0 radical (unpaired) electrons. The number of aromatic nitrogens is 3. The number of phenolic OH excluding ortho intramolecular Hbond substituents is 1. The monoisotopic (exact) mass is 853 g/mol. The molecule has 0 saturated carbocycles. The smallest absolute Gasteiger partial charge is 0.246 e. The summed E-state index contributed by atoms with van der Waals surface area (Å²) in [5.74, 6) is -0.319. The summed E-state index contributed by atoms with van der Waals surface area (Å²) in [5, 5.41) is 35.3. The van der Waals surface area contributed by atoms with E-state index in [9.17, 15) is 24.6 Å². The van der Waals surface area contributed by atoms with Crippen LogP contribution in [0.5, 0.6) is 5.75 Å². The van der Waals surface area contributed by atoms with Crippen LogP contribution in [0, 0.1) is 12.3 Å². The Kier molecular flexibility index (Phi) is 15.4. The molecule has 328 valence electrons. The van der Waals surface area contributed by atoms with E-state index in [4.69, 9.17) is 5.73 Å². The predicted molar refractivity (Wildman–Crippen MR) is 241 cm³/mol. The number of aliphatic hydroxyl groups excluding tert-OH is 1. The maximum atomic E-state index is 14.1. The molecular formula is C46H63N9O5S. The van der Waals surface area contributed by atoms with Gasteiger partial charge in [0.2, 0.25) is 17.7 Å². The van der Waals surface area contributed by atoms with Gasteiger partial charge in [-0.1, -0.05) is 82.9 Å². The first-order valence-corrected chi connectivity index (χ1v) is 22.5. The number of piperazine rings is 1. The summed E-state index contributed by atoms with van der Waals surface area (Å²) < 4.78 is 0. The second-order valence-electron chi connectivity index (χ2n) is 17.6. The maximum Gasteiger partial charge on any atom is 0.246 e. The second-order valence-corrected chi connectivity index (χ2v) is 18.5. The molecule has 0 unspecified atom stereocenters. The van der Waals surface area contributed by atoms with Crippen molar-refractivity contribution >= 4 is 40.6 Å². The number of carbonyl (C=O) groups excluding carboxylic acids is 3. The average Bonchev–Trinajstić information content (AvgIpc) is 3.86. The summed E-state index contributed by atoms with van der Waals surface area (Å²) in [5.41, 5.74) is 12.5. The molecule has 6 rings (SSSR count). The minimum Gasteiger partial charge on any atom is -0.507 e. The van der Waals surface area contributed by atoms with Crippen molar-refractivity contribution in [1.29, 1.82) is 0 Å². The summed E-state index contributed by atoms with van der Waals surface area (Å²) in [6, 6.07) is 15.0. The Morgan fingerprint density at radius 1 is 0.934 bits per heavy atom. The number of likely N-dealkylation sites (tertiary alicyclic amines) is 1. The number of hydrogen-bond acceptors (Lipinski definition) is 12. The van der Waals surface area contributed by atoms with Crippen LogP contribution in [0.2, 0.25) is 0 Å². The first-order chi connectivity index (χ1) is 29.2. The van der Waals surface area contributed by atoms with E-state index in [1.54, 1.807) is 23.5 Å². The highest BCUT2D eigenvalue weighted by Crippen LogP contribution is 2.33. The fourth-order valence-electron chi connectivity index (χ4n) is 8.26. The molecule has 61 heavy (non-hydrogen) atoms. The molecule has 4 heterocycles. The van der Waals surface area contributed by atoms with Crippen molar-refractivity contribution in [2.24, 2.45) is 5.41 Å². The summed E-state index contributed by atoms with van der Waals surface area (Å²) >= 11 is 1.59. The van der Waals surface area contributed by atoms with Crippen LogP contribution in [0.1, 0.15) is 96.4 Å². The number of aromatic hydroxyl groups is 1. The van der Waals surface area contributed by atoms with Gasteiger partial charge in [-0.05, 0) is 68.0 Å². The Labute approximate surface area is 364 Å². The van der Waals surface area contributed by atoms with Crippen molar-refractivity contribution in [3.05, 3.63) is 71.4 Å². The van der Waals surface area contributed by atoms with Gasteiger partial charge in [0.25, 0.3) is 0 Å². The van der Waals surface area contributed by atoms with Crippen molar-refractivity contribution in [2.75, 3.05) is 49.9 Å². The highest BCUT2D eigenvalue weighted by molar-refractivity contribution is 7.13. The molecular weight excluding hydrogens is 791 g/mol. The number of nitrogen functional groups attached to an aromatic ring is 1. The molecule has 2 aliphatic rings. The number of β-amino-alcohol motifs (C(OH)–C–C–N with tert-alkyl or cyclic N) is 1. The Hall–Kier alpha value is -5.12. The van der Waals surface area contributed by atoms with Gasteiger partial charge in [-0.2, -0.15) is 0 Å². The van der Waals surface area contributed by atoms with Crippen LogP contribution in [0.25, 0.3) is 21.7 Å². The lowest BCUT2D eigenvalue weighted by Gasteiger charge is -2.36. The van der Waals surface area contributed by atoms with Gasteiger partial charge >= 0.3 is 0 Å². The Morgan fingerprint density at radius 3 is 2.30 bits per heavy atom. The molecule has 6 N–H and O–H groups in total. The molecule has 2 aromatic heterocycles. The number of aryl methyl sites for hydroxylation is 1. The molecule has 0 bridgehead atoms. The van der Waals surface area contributed by atoms with Gasteiger partial charge in [-0.15, -0.1) is 21.5 Å². The topological polar surface area (TPSA) is 190 Å². The van der Waals surface area contributed by atoms with Crippen LogP contribution in [-0.2, 0) is 14.4 Å². The van der Waals surface area contributed by atoms with E-state index in [0.29, 0.717) is 23.5 Å². The molecule has 4 aromatic rings. The molecule has 2 saturated heterocycles. The number of rotatable bonds is 17. The van der Waals surface area contributed by atoms with Gasteiger partial charge in [-0.25, -0.2) is 4.98 Å². The number of nitrogens with zero attached hydrogens (tertiary/aromatic N) is 6. The lowest BCUT2D eigenvalue weighted by Crippen LogP contribution is -2.57. The van der Waals surface area contributed by atoms with Crippen LogP contribution in [0.3, 0.4) is 0 Å². The highest BCUT2D eigenvalue weighted by atomic mass is 32.1. The average molecular weight is 854 g/mol. The number of amides is 3. The normalized spacial score (nSPS) is 18.2. The van der Waals surface area contributed by atoms with E-state index < -0.39 is 23.6 Å². The first kappa shape index (κ1) is 45.4. The molecule has 0 spiro atoms. The van der Waals surface area contributed by atoms with Crippen LogP contribution >= 0.6 is 11.3 Å². The van der Waals surface area contributed by atoms with Gasteiger partial charge in [0.15, 0.2) is 5.82 Å². The van der Waals surface area contributed by atoms with E-state index in [0.717, 1.165) is 98.6 Å². The Bertz CT molecular complexity index is 2100. The van der Waals surface area contributed by atoms with Crippen molar-refractivity contribution in [1.82, 2.24) is 35.6 Å². The molecule has 2 fully saturated rings. The van der Waals surface area contributed by atoms with Crippen LogP contribution in [-0.4, -0.2) is 110 Å². The number of unbranched alkanes of at least 4 members (excludes halogenated alkanes) is 5. The lowest BCUT2D eigenvalue weighted by molar-refractivity contribution is -0.144. The van der Waals surface area contributed by atoms with Crippen LogP contribution < -0.4 is 21.3 Å². The summed E-state index contributed by atoms with van der Waals surface area (Å²) in [4.78, 5) is 52.5. The van der Waals surface area contributed by atoms with Crippen molar-refractivity contribution in [3.63, 3.8) is 0 Å². The van der Waals surface area contributed by atoms with Crippen LogP contribution in [0.4, 0.5) is 11.5 Å². The number of thiazole rings is 1. The zero-order valence-electron chi connectivity index (χ0n) is 36.3. The molecule has 15 heteroatoms. The molecule has 0 aliphatic carbocycles. The lowest BCUT2D eigenvalue weighted by atomic mass is 9.85. The molecule has 2 aliphatic heterocycles. The number of anilines is 2. The molecule has 14 nitrogen and oxygen atoms in total. The van der Waals surface area contributed by atoms with Gasteiger partial charge in [0.1, 0.15) is 17.8 Å². The number of carbonyl (C=O) groups is 3. The fraction of sp³-hybridized carbons (Fsp3) is 0.522. The van der Waals surface area contributed by atoms with Crippen molar-refractivity contribution in [2.45, 2.75) is 110 Å². The molecule has 2 aromatic carbocycles. The number of nitrogens with one attached hydrogen (secondary N) is 2. The predicted octanol–water partition coefficient (Wildman–Crippen LogP) is 6.09. The van der Waals surface area contributed by atoms with Gasteiger partial charge in [-0.3, -0.25) is 19.3 Å². The van der Waals surface area contributed by atoms with E-state index in [-0.39, 0.29) is 42.5 Å². The summed E-state index contributed by atoms with van der Waals surface area (Å²) in [6.07, 6.45) is 5.64. The summed E-state index contributed by atoms with van der Waals surface area (Å²) in [7, 11) is 0. The van der Waals surface area contributed by atoms with E-state index in [1.165, 1.54) is 4.90 Å². The van der Waals surface area contributed by atoms with Gasteiger partial charge in [0.05, 0.1) is 39.6 Å². The zero-order valence-corrected chi connectivity index (χ0v) is 37.1. The quantitative estimate of drug-likeness (QED) is 0.0774. The first-order valence-electron chi connectivity index (χ1n) is 21.7. The number of benzene rings is 2. The van der Waals surface area contributed by atoms with Crippen molar-refractivity contribution < 1.29 is 24.6 Å². The van der Waals surface area contributed by atoms with E-state index in [1.807, 2.05) is 82.6 Å². The van der Waals surface area contributed by atoms with E-state index in [2.05, 4.69) is 35.6 Å². The minimum atomic E-state index is -0.845. The molecule has 4 atom stereocenters. The SMILES string of the molecule is Cc1ncsc1-c1ccc([C@H](C)NC(=O)[C@@H]2C[C@@H](O)CN2C(=O)[C@@H](NC(=O)CCCCCCCCN2CCN(c3cc(-c4ccccc4O)nnc3N)CC2)C(C)(C)C)cc1. The summed E-state index contributed by atoms with van der Waals surface area (Å²) in [6.45, 7) is 14.2. The van der Waals surface area contributed by atoms with Gasteiger partial charge in [0, 0.05) is 51.1 Å². The fourth-order valence-corrected chi connectivity index (χ4v) is 9.07. The molecule has 3 amide bonds. The largest absolute Gasteiger partial charge is 0.507 e. The third-order valence-corrected chi connectivity index (χ3v) is 12.9. The second kappa shape index (κ2) is 20.6. The number of aliphatic hydroxyl groups is 1. The maximum absolute atomic E-state index is 14.1. The third-order valence-electron chi connectivity index (χ3n) is 11.9. The highest BCUT2D eigenvalue weighted by Gasteiger charge is 2.44. The number of para-hydroxylation sites is 1. The number of nitrogens with two attached hydrogens (primary N) is 1. The standard InChI is InChI=1S/C46H63N9O5S/c1-30(32-17-19-33(20-18-32)41-31(2)48-29-61-41)49-44(59)38-26-34(56)28-55(38)45(60)42(46(3,4)5)50-40(58)16-10-8-6-7-9-13-21-53-22-24-54(25-23-53)37-27-36(51-52-43(37)47)35-14-11-12-15-39(35)57/h11-12,14-15,17-20,27,29-30,34,38,42,56-57H,6-10,13,16,21-26,28H2,1-5H3,(H2,47,52)(H,49,59)(H,50,58)/t30-,34+,38-,42+/m0/s1.